The second-order valence-corrected chi connectivity index (χ2v) is 8.07. The molecule has 0 radical (unpaired) electrons. The number of halogens is 1. The van der Waals surface area contributed by atoms with E-state index in [0.717, 1.165) is 57.9 Å². The maximum Gasteiger partial charge on any atom is 0.191 e. The number of nitrogens with zero attached hydrogens (tertiary/aromatic N) is 3. The minimum absolute atomic E-state index is 0. The van der Waals surface area contributed by atoms with Crippen LogP contribution in [-0.4, -0.2) is 48.1 Å². The zero-order valence-corrected chi connectivity index (χ0v) is 18.9. The first-order chi connectivity index (χ1) is 12.0. The van der Waals surface area contributed by atoms with Gasteiger partial charge in [-0.15, -0.1) is 24.0 Å². The summed E-state index contributed by atoms with van der Waals surface area (Å²) < 4.78 is 7.63. The van der Waals surface area contributed by atoms with Crippen molar-refractivity contribution in [2.75, 3.05) is 26.3 Å². The van der Waals surface area contributed by atoms with Crippen LogP contribution in [0.15, 0.2) is 11.2 Å². The number of guanidine groups is 1. The molecule has 1 aromatic heterocycles. The lowest BCUT2D eigenvalue weighted by molar-refractivity contribution is 0.163. The van der Waals surface area contributed by atoms with E-state index in [2.05, 4.69) is 49.2 Å². The summed E-state index contributed by atoms with van der Waals surface area (Å²) >= 11 is 0. The summed E-state index contributed by atoms with van der Waals surface area (Å²) in [6.45, 7) is 12.1. The summed E-state index contributed by atoms with van der Waals surface area (Å²) in [5.74, 6) is 0.923. The number of aliphatic imine (C=N–C) groups is 1. The van der Waals surface area contributed by atoms with Gasteiger partial charge in [-0.2, -0.15) is 5.10 Å². The number of hydrogen-bond donors (Lipinski definition) is 2. The normalized spacial score (nSPS) is 25.7. The van der Waals surface area contributed by atoms with Crippen molar-refractivity contribution in [3.05, 3.63) is 17.5 Å². The molecular weight excluding hydrogens is 441 g/mol. The quantitative estimate of drug-likeness (QED) is 0.391. The molecule has 1 aliphatic carbocycles. The largest absolute Gasteiger partial charge is 0.381 e. The molecule has 148 valence electrons. The highest BCUT2D eigenvalue weighted by Gasteiger charge is 2.30. The van der Waals surface area contributed by atoms with Crippen LogP contribution in [0.25, 0.3) is 0 Å². The van der Waals surface area contributed by atoms with E-state index in [1.54, 1.807) is 0 Å². The summed E-state index contributed by atoms with van der Waals surface area (Å²) in [5, 5.41) is 11.8. The minimum atomic E-state index is 0. The number of ether oxygens (including phenoxy) is 1. The molecule has 2 unspecified atom stereocenters. The van der Waals surface area contributed by atoms with Crippen molar-refractivity contribution >= 4 is 29.9 Å². The Kier molecular flexibility index (Phi) is 7.76. The van der Waals surface area contributed by atoms with Gasteiger partial charge in [-0.3, -0.25) is 9.67 Å². The van der Waals surface area contributed by atoms with Crippen LogP contribution in [0, 0.1) is 5.41 Å². The number of aryl methyl sites for hydroxylation is 1. The van der Waals surface area contributed by atoms with Crippen LogP contribution >= 0.6 is 24.0 Å². The minimum Gasteiger partial charge on any atom is -0.381 e. The van der Waals surface area contributed by atoms with Gasteiger partial charge in [0, 0.05) is 43.3 Å². The maximum atomic E-state index is 5.54. The van der Waals surface area contributed by atoms with E-state index in [0.29, 0.717) is 12.1 Å². The van der Waals surface area contributed by atoms with Crippen LogP contribution in [0.2, 0.25) is 0 Å². The van der Waals surface area contributed by atoms with E-state index < -0.39 is 0 Å². The molecule has 1 fully saturated rings. The number of rotatable bonds is 5. The molecule has 1 aliphatic heterocycles. The topological polar surface area (TPSA) is 63.5 Å². The van der Waals surface area contributed by atoms with E-state index in [-0.39, 0.29) is 29.4 Å². The summed E-state index contributed by atoms with van der Waals surface area (Å²) in [6.07, 6.45) is 6.50. The van der Waals surface area contributed by atoms with Crippen LogP contribution in [0.1, 0.15) is 57.8 Å². The summed E-state index contributed by atoms with van der Waals surface area (Å²) in [4.78, 5) is 4.84. The van der Waals surface area contributed by atoms with Gasteiger partial charge in [0.05, 0.1) is 18.8 Å². The second kappa shape index (κ2) is 9.39. The first-order valence-electron chi connectivity index (χ1n) is 9.68. The monoisotopic (exact) mass is 475 g/mol. The number of nitrogens with one attached hydrogen (secondary N) is 2. The van der Waals surface area contributed by atoms with Crippen molar-refractivity contribution in [2.45, 2.75) is 65.5 Å². The molecule has 1 aromatic rings. The van der Waals surface area contributed by atoms with Crippen molar-refractivity contribution in [2.24, 2.45) is 10.4 Å². The molecule has 2 aliphatic rings. The van der Waals surface area contributed by atoms with Gasteiger partial charge in [0.15, 0.2) is 5.96 Å². The van der Waals surface area contributed by atoms with E-state index in [1.165, 1.54) is 11.3 Å². The first kappa shape index (κ1) is 21.5. The van der Waals surface area contributed by atoms with Crippen molar-refractivity contribution in [3.8, 4) is 0 Å². The Labute approximate surface area is 174 Å². The van der Waals surface area contributed by atoms with Crippen LogP contribution in [0.5, 0.6) is 0 Å². The van der Waals surface area contributed by atoms with Crippen molar-refractivity contribution in [1.82, 2.24) is 20.4 Å². The van der Waals surface area contributed by atoms with E-state index in [9.17, 15) is 0 Å². The third-order valence-electron chi connectivity index (χ3n) is 5.23. The Morgan fingerprint density at radius 3 is 2.96 bits per heavy atom. The van der Waals surface area contributed by atoms with Crippen LogP contribution in [0.3, 0.4) is 0 Å². The molecule has 26 heavy (non-hydrogen) atoms. The lowest BCUT2D eigenvalue weighted by atomic mass is 9.90. The second-order valence-electron chi connectivity index (χ2n) is 8.07. The molecule has 0 saturated carbocycles. The van der Waals surface area contributed by atoms with Gasteiger partial charge in [-0.25, -0.2) is 0 Å². The fourth-order valence-corrected chi connectivity index (χ4v) is 3.52. The lowest BCUT2D eigenvalue weighted by Gasteiger charge is -2.25. The molecule has 1 saturated heterocycles. The van der Waals surface area contributed by atoms with Gasteiger partial charge in [0.2, 0.25) is 0 Å². The van der Waals surface area contributed by atoms with Gasteiger partial charge in [-0.05, 0) is 45.6 Å². The Bertz CT molecular complexity index is 607. The highest BCUT2D eigenvalue weighted by atomic mass is 127. The zero-order chi connectivity index (χ0) is 17.9. The molecular formula is C19H34IN5O. The third kappa shape index (κ3) is 5.34. The first-order valence-corrected chi connectivity index (χ1v) is 9.68. The molecule has 2 N–H and O–H groups in total. The molecule has 3 rings (SSSR count). The number of aromatic nitrogens is 2. The van der Waals surface area contributed by atoms with Crippen molar-refractivity contribution in [1.29, 1.82) is 0 Å². The predicted octanol–water partition coefficient (Wildman–Crippen LogP) is 2.92. The molecule has 0 amide bonds. The lowest BCUT2D eigenvalue weighted by Crippen LogP contribution is -2.46. The van der Waals surface area contributed by atoms with Crippen molar-refractivity contribution < 1.29 is 4.74 Å². The van der Waals surface area contributed by atoms with Gasteiger partial charge in [0.25, 0.3) is 0 Å². The number of hydrogen-bond acceptors (Lipinski definition) is 3. The smallest absolute Gasteiger partial charge is 0.191 e. The standard InChI is InChI=1S/C19H33N5O.HI/c1-5-20-18(21-12-19(4)8-9-25-13-19)22-16-7-6-15-11-24(14(2)3)23-17(15)10-16;/h11,14,16H,5-10,12-13H2,1-4H3,(H2,20,21,22);1H. The number of fused-ring (bicyclic) bond motifs is 1. The van der Waals surface area contributed by atoms with Gasteiger partial charge in [-0.1, -0.05) is 6.92 Å². The molecule has 2 heterocycles. The van der Waals surface area contributed by atoms with Crippen LogP contribution in [0.4, 0.5) is 0 Å². The highest BCUT2D eigenvalue weighted by molar-refractivity contribution is 14.0. The molecule has 2 atom stereocenters. The van der Waals surface area contributed by atoms with Gasteiger partial charge >= 0.3 is 0 Å². The van der Waals surface area contributed by atoms with Crippen molar-refractivity contribution in [3.63, 3.8) is 0 Å². The van der Waals surface area contributed by atoms with Gasteiger partial charge in [0.1, 0.15) is 0 Å². The summed E-state index contributed by atoms with van der Waals surface area (Å²) in [7, 11) is 0. The fourth-order valence-electron chi connectivity index (χ4n) is 3.52. The highest BCUT2D eigenvalue weighted by Crippen LogP contribution is 2.28. The van der Waals surface area contributed by atoms with Gasteiger partial charge < -0.3 is 15.4 Å². The van der Waals surface area contributed by atoms with E-state index in [4.69, 9.17) is 14.8 Å². The Morgan fingerprint density at radius 2 is 2.31 bits per heavy atom. The molecule has 0 spiro atoms. The molecule has 6 nitrogen and oxygen atoms in total. The third-order valence-corrected chi connectivity index (χ3v) is 5.23. The Morgan fingerprint density at radius 1 is 1.50 bits per heavy atom. The Hall–Kier alpha value is -0.830. The molecule has 0 aromatic carbocycles. The van der Waals surface area contributed by atoms with Crippen LogP contribution < -0.4 is 10.6 Å². The molecule has 0 bridgehead atoms. The Balaban J connectivity index is 0.00000243. The average molecular weight is 475 g/mol. The summed E-state index contributed by atoms with van der Waals surface area (Å²) in [5.41, 5.74) is 2.83. The van der Waals surface area contributed by atoms with E-state index >= 15 is 0 Å². The van der Waals surface area contributed by atoms with E-state index in [1.807, 2.05) is 0 Å². The van der Waals surface area contributed by atoms with Crippen LogP contribution in [-0.2, 0) is 17.6 Å². The molecule has 7 heteroatoms. The SMILES string of the molecule is CCNC(=NCC1(C)CCOC1)NC1CCc2cn(C(C)C)nc2C1.I. The fraction of sp³-hybridized carbons (Fsp3) is 0.789. The predicted molar refractivity (Wildman–Crippen MR) is 116 cm³/mol. The maximum absolute atomic E-state index is 5.54. The average Bonchev–Trinajstić information content (AvgIpc) is 3.19. The summed E-state index contributed by atoms with van der Waals surface area (Å²) in [6, 6.07) is 0.818. The zero-order valence-electron chi connectivity index (χ0n) is 16.5.